The lowest BCUT2D eigenvalue weighted by Crippen LogP contribution is -2.49. The Balaban J connectivity index is 1.23. The van der Waals surface area contributed by atoms with Gasteiger partial charge in [-0.2, -0.15) is 0 Å². The van der Waals surface area contributed by atoms with Gasteiger partial charge in [-0.05, 0) is 55.2 Å². The first-order valence-electron chi connectivity index (χ1n) is 9.69. The Morgan fingerprint density at radius 2 is 1.85 bits per heavy atom. The van der Waals surface area contributed by atoms with E-state index in [4.69, 9.17) is 9.47 Å². The van der Waals surface area contributed by atoms with Crippen LogP contribution in [-0.4, -0.2) is 28.3 Å². The molecule has 1 N–H and O–H groups in total. The number of carbonyl (C=O) groups is 1. The van der Waals surface area contributed by atoms with Gasteiger partial charge in [0.25, 0.3) is 0 Å². The Bertz CT molecular complexity index is 688. The van der Waals surface area contributed by atoms with Gasteiger partial charge in [-0.25, -0.2) is 0 Å². The number of amides is 1. The molecule has 3 atom stereocenters. The van der Waals surface area contributed by atoms with Crippen LogP contribution in [0.1, 0.15) is 37.7 Å². The number of ether oxygens (including phenoxy) is 2. The van der Waals surface area contributed by atoms with Gasteiger partial charge in [0, 0.05) is 24.0 Å². The van der Waals surface area contributed by atoms with Crippen LogP contribution < -0.4 is 14.8 Å². The number of fused-ring (bicyclic) bond motifs is 1. The predicted molar refractivity (Wildman–Crippen MR) is 106 cm³/mol. The van der Waals surface area contributed by atoms with Crippen molar-refractivity contribution in [3.8, 4) is 11.5 Å². The average molecular weight is 392 g/mol. The van der Waals surface area contributed by atoms with Crippen LogP contribution in [0.3, 0.4) is 0 Å². The second-order valence-electron chi connectivity index (χ2n) is 7.82. The van der Waals surface area contributed by atoms with Crippen LogP contribution in [0.25, 0.3) is 0 Å². The van der Waals surface area contributed by atoms with Crippen LogP contribution in [0.5, 0.6) is 11.5 Å². The van der Waals surface area contributed by atoms with Crippen molar-refractivity contribution < 1.29 is 14.3 Å². The largest absolute Gasteiger partial charge is 0.454 e. The van der Waals surface area contributed by atoms with Crippen molar-refractivity contribution in [2.75, 3.05) is 18.3 Å². The minimum Gasteiger partial charge on any atom is -0.454 e. The maximum Gasteiger partial charge on any atom is 0.231 e. The molecule has 5 rings (SSSR count). The monoisotopic (exact) mass is 391 g/mol. The number of hydrogen-bond donors (Lipinski definition) is 1. The van der Waals surface area contributed by atoms with Gasteiger partial charge >= 0.3 is 0 Å². The molecule has 0 aromatic heterocycles. The highest BCUT2D eigenvalue weighted by Gasteiger charge is 2.55. The van der Waals surface area contributed by atoms with E-state index in [1.807, 2.05) is 18.2 Å². The second kappa shape index (κ2) is 6.86. The van der Waals surface area contributed by atoms with Crippen molar-refractivity contribution in [2.24, 2.45) is 17.8 Å². The highest BCUT2D eigenvalue weighted by atomic mass is 32.2. The molecular formula is C20H25NO3S2. The maximum absolute atomic E-state index is 12.9. The van der Waals surface area contributed by atoms with Gasteiger partial charge in [-0.1, -0.05) is 12.5 Å². The highest BCUT2D eigenvalue weighted by Crippen LogP contribution is 2.64. The van der Waals surface area contributed by atoms with Gasteiger partial charge in [0.2, 0.25) is 12.7 Å². The molecule has 1 saturated heterocycles. The molecule has 2 saturated carbocycles. The highest BCUT2D eigenvalue weighted by molar-refractivity contribution is 8.21. The molecule has 26 heavy (non-hydrogen) atoms. The van der Waals surface area contributed by atoms with Crippen LogP contribution in [0.4, 0.5) is 0 Å². The number of rotatable bonds is 3. The number of carbonyl (C=O) groups excluding carboxylic acids is 1. The topological polar surface area (TPSA) is 47.6 Å². The summed E-state index contributed by atoms with van der Waals surface area (Å²) in [6.45, 7) is 0.851. The summed E-state index contributed by atoms with van der Waals surface area (Å²) in [5.41, 5.74) is 1.07. The van der Waals surface area contributed by atoms with Crippen LogP contribution >= 0.6 is 23.5 Å². The molecule has 1 unspecified atom stereocenters. The first-order chi connectivity index (χ1) is 12.7. The van der Waals surface area contributed by atoms with Crippen LogP contribution in [0.2, 0.25) is 0 Å². The zero-order valence-electron chi connectivity index (χ0n) is 14.9. The normalized spacial score (nSPS) is 31.2. The van der Waals surface area contributed by atoms with Crippen molar-refractivity contribution in [1.82, 2.24) is 5.32 Å². The van der Waals surface area contributed by atoms with Crippen molar-refractivity contribution in [3.63, 3.8) is 0 Å². The quantitative estimate of drug-likeness (QED) is 0.843. The first-order valence-corrected chi connectivity index (χ1v) is 11.7. The Hall–Kier alpha value is -1.01. The third kappa shape index (κ3) is 2.89. The molecule has 4 aliphatic rings. The molecule has 0 radical (unpaired) electrons. The molecule has 1 aromatic carbocycles. The fourth-order valence-corrected chi connectivity index (χ4v) is 9.14. The Morgan fingerprint density at radius 1 is 1.12 bits per heavy atom. The van der Waals surface area contributed by atoms with E-state index >= 15 is 0 Å². The molecule has 1 aromatic rings. The molecule has 2 aliphatic carbocycles. The molecule has 2 bridgehead atoms. The lowest BCUT2D eigenvalue weighted by molar-refractivity contribution is -0.127. The van der Waals surface area contributed by atoms with E-state index < -0.39 is 0 Å². The van der Waals surface area contributed by atoms with Gasteiger partial charge in [0.05, 0.1) is 4.08 Å². The van der Waals surface area contributed by atoms with Gasteiger partial charge < -0.3 is 14.8 Å². The standard InChI is InChI=1S/C20H25NO3S2/c22-19(21-11-13-4-5-17-18(8-13)24-12-23-17)14-9-15-2-1-3-16(10-14)20(15)25-6-7-26-20/h4-5,8,14-16H,1-3,6-7,9-12H2,(H,21,22)/t14?,15-,16+. The summed E-state index contributed by atoms with van der Waals surface area (Å²) in [5, 5.41) is 3.18. The van der Waals surface area contributed by atoms with Gasteiger partial charge in [0.15, 0.2) is 11.5 Å². The second-order valence-corrected chi connectivity index (χ2v) is 10.8. The van der Waals surface area contributed by atoms with Crippen LogP contribution in [0, 0.1) is 17.8 Å². The third-order valence-electron chi connectivity index (χ3n) is 6.39. The molecule has 2 heterocycles. The summed E-state index contributed by atoms with van der Waals surface area (Å²) >= 11 is 4.40. The Kier molecular flexibility index (Phi) is 4.52. The molecule has 2 aliphatic heterocycles. The van der Waals surface area contributed by atoms with E-state index in [-0.39, 0.29) is 18.6 Å². The van der Waals surface area contributed by atoms with Crippen LogP contribution in [-0.2, 0) is 11.3 Å². The lowest BCUT2D eigenvalue weighted by atomic mass is 9.67. The van der Waals surface area contributed by atoms with E-state index in [9.17, 15) is 4.79 Å². The van der Waals surface area contributed by atoms with Crippen molar-refractivity contribution in [3.05, 3.63) is 23.8 Å². The summed E-state index contributed by atoms with van der Waals surface area (Å²) in [7, 11) is 0. The SMILES string of the molecule is O=C(NCc1ccc2c(c1)OCO2)C1C[C@H]2CCC[C@@H](C1)C21SCCS1. The fraction of sp³-hybridized carbons (Fsp3) is 0.650. The number of thioether (sulfide) groups is 2. The van der Waals surface area contributed by atoms with E-state index in [2.05, 4.69) is 28.8 Å². The number of nitrogens with one attached hydrogen (secondary N) is 1. The molecule has 140 valence electrons. The van der Waals surface area contributed by atoms with Crippen molar-refractivity contribution >= 4 is 29.4 Å². The third-order valence-corrected chi connectivity index (χ3v) is 10.4. The zero-order valence-corrected chi connectivity index (χ0v) is 16.5. The first kappa shape index (κ1) is 17.1. The predicted octanol–water partition coefficient (Wildman–Crippen LogP) is 4.03. The Labute approximate surface area is 163 Å². The van der Waals surface area contributed by atoms with Gasteiger partial charge in [-0.15, -0.1) is 23.5 Å². The number of benzene rings is 1. The molecule has 3 fully saturated rings. The van der Waals surface area contributed by atoms with E-state index in [0.29, 0.717) is 22.5 Å². The summed E-state index contributed by atoms with van der Waals surface area (Å²) in [6.07, 6.45) is 6.11. The van der Waals surface area contributed by atoms with Crippen molar-refractivity contribution in [2.45, 2.75) is 42.7 Å². The van der Waals surface area contributed by atoms with E-state index in [1.54, 1.807) is 0 Å². The van der Waals surface area contributed by atoms with E-state index in [1.165, 1.54) is 30.8 Å². The van der Waals surface area contributed by atoms with Gasteiger partial charge in [-0.3, -0.25) is 4.79 Å². The smallest absolute Gasteiger partial charge is 0.231 e. The minimum absolute atomic E-state index is 0.187. The maximum atomic E-state index is 12.9. The summed E-state index contributed by atoms with van der Waals surface area (Å²) in [4.78, 5) is 12.9. The fourth-order valence-electron chi connectivity index (χ4n) is 5.21. The number of hydrogen-bond acceptors (Lipinski definition) is 5. The molecular weight excluding hydrogens is 366 g/mol. The van der Waals surface area contributed by atoms with Crippen LogP contribution in [0.15, 0.2) is 18.2 Å². The summed E-state index contributed by atoms with van der Waals surface area (Å²) < 4.78 is 11.2. The zero-order chi connectivity index (χ0) is 17.6. The summed E-state index contributed by atoms with van der Waals surface area (Å²) in [6, 6.07) is 5.90. The molecule has 1 spiro atoms. The minimum atomic E-state index is 0.187. The summed E-state index contributed by atoms with van der Waals surface area (Å²) in [5.74, 6) is 6.01. The Morgan fingerprint density at radius 3 is 2.62 bits per heavy atom. The van der Waals surface area contributed by atoms with E-state index in [0.717, 1.165) is 29.9 Å². The van der Waals surface area contributed by atoms with Gasteiger partial charge in [0.1, 0.15) is 0 Å². The molecule has 1 amide bonds. The lowest BCUT2D eigenvalue weighted by Gasteiger charge is -2.52. The molecule has 4 nitrogen and oxygen atoms in total. The van der Waals surface area contributed by atoms with Crippen molar-refractivity contribution in [1.29, 1.82) is 0 Å². The average Bonchev–Trinajstić information content (AvgIpc) is 3.29. The molecule has 6 heteroatoms.